The van der Waals surface area contributed by atoms with E-state index in [1.54, 1.807) is 38.5 Å². The van der Waals surface area contributed by atoms with Gasteiger partial charge >= 0.3 is 5.91 Å². The second-order valence-electron chi connectivity index (χ2n) is 6.12. The van der Waals surface area contributed by atoms with Gasteiger partial charge in [0.25, 0.3) is 0 Å². The Bertz CT molecular complexity index is 1190. The van der Waals surface area contributed by atoms with Gasteiger partial charge in [-0.3, -0.25) is 4.79 Å². The number of hydrogen-bond acceptors (Lipinski definition) is 5. The van der Waals surface area contributed by atoms with Crippen LogP contribution < -0.4 is 14.9 Å². The molecule has 0 unspecified atom stereocenters. The van der Waals surface area contributed by atoms with E-state index in [1.807, 2.05) is 36.4 Å². The van der Waals surface area contributed by atoms with Crippen LogP contribution in [0.25, 0.3) is 21.7 Å². The van der Waals surface area contributed by atoms with Gasteiger partial charge in [0.2, 0.25) is 0 Å². The molecule has 4 aromatic rings. The number of hydrogen-bond donors (Lipinski definition) is 1. The molecule has 0 radical (unpaired) electrons. The lowest BCUT2D eigenvalue weighted by Crippen LogP contribution is -2.16. The minimum atomic E-state index is -0.427. The van der Waals surface area contributed by atoms with Gasteiger partial charge < -0.3 is 13.9 Å². The molecular formula is C22H18N2O4. The molecule has 0 atom stereocenters. The normalized spacial score (nSPS) is 11.2. The number of fused-ring (bicyclic) bond motifs is 3. The topological polar surface area (TPSA) is 73.1 Å². The van der Waals surface area contributed by atoms with Crippen molar-refractivity contribution >= 4 is 33.9 Å². The summed E-state index contributed by atoms with van der Waals surface area (Å²) in [5.74, 6) is 1.04. The molecule has 6 nitrogen and oxygen atoms in total. The molecule has 140 valence electrons. The minimum absolute atomic E-state index is 0.199. The van der Waals surface area contributed by atoms with Crippen LogP contribution in [-0.2, 0) is 0 Å². The average Bonchev–Trinajstić information content (AvgIpc) is 3.19. The Balaban J connectivity index is 1.56. The lowest BCUT2D eigenvalue weighted by atomic mass is 10.1. The molecule has 28 heavy (non-hydrogen) atoms. The maximum Gasteiger partial charge on any atom is 0.307 e. The van der Waals surface area contributed by atoms with Crippen LogP contribution in [0.4, 0.5) is 0 Å². The molecule has 6 heteroatoms. The second kappa shape index (κ2) is 7.44. The number of ether oxygens (including phenoxy) is 2. The van der Waals surface area contributed by atoms with Crippen LogP contribution in [0.2, 0.25) is 0 Å². The number of benzene rings is 3. The van der Waals surface area contributed by atoms with Gasteiger partial charge in [-0.1, -0.05) is 30.3 Å². The van der Waals surface area contributed by atoms with Gasteiger partial charge in [-0.25, -0.2) is 5.43 Å². The fraction of sp³-hybridized carbons (Fsp3) is 0.0909. The Labute approximate surface area is 161 Å². The number of rotatable bonds is 5. The largest absolute Gasteiger partial charge is 0.497 e. The number of carbonyl (C=O) groups excluding carboxylic acids is 1. The molecule has 0 aliphatic rings. The highest BCUT2D eigenvalue weighted by Gasteiger charge is 2.13. The molecule has 1 heterocycles. The summed E-state index contributed by atoms with van der Waals surface area (Å²) in [6, 6.07) is 18.8. The average molecular weight is 374 g/mol. The zero-order chi connectivity index (χ0) is 19.5. The zero-order valence-electron chi connectivity index (χ0n) is 15.4. The van der Waals surface area contributed by atoms with E-state index in [9.17, 15) is 4.79 Å². The predicted octanol–water partition coefficient (Wildman–Crippen LogP) is 4.37. The van der Waals surface area contributed by atoms with Crippen LogP contribution in [0.3, 0.4) is 0 Å². The summed E-state index contributed by atoms with van der Waals surface area (Å²) in [5, 5.41) is 7.03. The summed E-state index contributed by atoms with van der Waals surface area (Å²) < 4.78 is 16.2. The number of hydrazone groups is 1. The molecule has 0 saturated carbocycles. The third kappa shape index (κ3) is 3.27. The first-order chi connectivity index (χ1) is 13.7. The molecule has 3 aromatic carbocycles. The van der Waals surface area contributed by atoms with E-state index < -0.39 is 5.91 Å². The first-order valence-corrected chi connectivity index (χ1v) is 8.66. The van der Waals surface area contributed by atoms with Gasteiger partial charge in [-0.05, 0) is 35.0 Å². The molecule has 4 rings (SSSR count). The van der Waals surface area contributed by atoms with Crippen LogP contribution >= 0.6 is 0 Å². The van der Waals surface area contributed by atoms with Crippen molar-refractivity contribution < 1.29 is 18.7 Å². The van der Waals surface area contributed by atoms with E-state index in [4.69, 9.17) is 13.9 Å². The van der Waals surface area contributed by atoms with Gasteiger partial charge in [-0.2, -0.15) is 5.10 Å². The lowest BCUT2D eigenvalue weighted by Gasteiger charge is -2.06. The first kappa shape index (κ1) is 17.6. The summed E-state index contributed by atoms with van der Waals surface area (Å²) in [6.45, 7) is 0. The third-order valence-electron chi connectivity index (χ3n) is 4.46. The highest BCUT2D eigenvalue weighted by atomic mass is 16.5. The van der Waals surface area contributed by atoms with E-state index in [0.717, 1.165) is 16.2 Å². The van der Waals surface area contributed by atoms with Gasteiger partial charge in [0.15, 0.2) is 5.76 Å². The van der Waals surface area contributed by atoms with Crippen molar-refractivity contribution in [3.63, 3.8) is 0 Å². The molecule has 1 aromatic heterocycles. The van der Waals surface area contributed by atoms with Crippen molar-refractivity contribution in [1.82, 2.24) is 5.43 Å². The van der Waals surface area contributed by atoms with E-state index in [1.165, 1.54) is 6.21 Å². The Hall–Kier alpha value is -3.80. The van der Waals surface area contributed by atoms with Gasteiger partial charge in [0.1, 0.15) is 17.1 Å². The minimum Gasteiger partial charge on any atom is -0.497 e. The fourth-order valence-electron chi connectivity index (χ4n) is 3.05. The first-order valence-electron chi connectivity index (χ1n) is 8.66. The second-order valence-corrected chi connectivity index (χ2v) is 6.12. The standard InChI is InChI=1S/C22H18N2O4/c1-26-16-9-7-15(20(11-16)27-2)13-23-24-22(25)21-12-18-17-6-4-3-5-14(17)8-10-19(18)28-21/h3-13H,1-2H3,(H,24,25)/b23-13-. The number of nitrogens with zero attached hydrogens (tertiary/aromatic N) is 1. The maximum atomic E-state index is 12.4. The molecule has 0 aliphatic heterocycles. The summed E-state index contributed by atoms with van der Waals surface area (Å²) in [6.07, 6.45) is 1.51. The van der Waals surface area contributed by atoms with Crippen molar-refractivity contribution in [2.75, 3.05) is 14.2 Å². The summed E-state index contributed by atoms with van der Waals surface area (Å²) in [5.41, 5.74) is 3.85. The fourth-order valence-corrected chi connectivity index (χ4v) is 3.05. The van der Waals surface area contributed by atoms with E-state index >= 15 is 0 Å². The zero-order valence-corrected chi connectivity index (χ0v) is 15.4. The SMILES string of the molecule is COc1ccc(/C=N\NC(=O)c2cc3c(ccc4ccccc43)o2)c(OC)c1. The molecule has 0 aliphatic carbocycles. The van der Waals surface area contributed by atoms with Gasteiger partial charge in [0.05, 0.1) is 20.4 Å². The highest BCUT2D eigenvalue weighted by Crippen LogP contribution is 2.28. The van der Waals surface area contributed by atoms with Gasteiger partial charge in [0, 0.05) is 17.0 Å². The van der Waals surface area contributed by atoms with Crippen molar-refractivity contribution in [2.45, 2.75) is 0 Å². The molecule has 0 bridgehead atoms. The Morgan fingerprint density at radius 2 is 1.86 bits per heavy atom. The van der Waals surface area contributed by atoms with Crippen molar-refractivity contribution in [3.8, 4) is 11.5 Å². The van der Waals surface area contributed by atoms with Crippen LogP contribution in [-0.4, -0.2) is 26.3 Å². The van der Waals surface area contributed by atoms with E-state index in [0.29, 0.717) is 22.6 Å². The number of carbonyl (C=O) groups is 1. The highest BCUT2D eigenvalue weighted by molar-refractivity contribution is 6.08. The van der Waals surface area contributed by atoms with Crippen LogP contribution in [0.5, 0.6) is 11.5 Å². The van der Waals surface area contributed by atoms with Crippen molar-refractivity contribution in [3.05, 3.63) is 72.0 Å². The maximum absolute atomic E-state index is 12.4. The summed E-state index contributed by atoms with van der Waals surface area (Å²) in [4.78, 5) is 12.4. The number of furan rings is 1. The van der Waals surface area contributed by atoms with Crippen LogP contribution in [0.15, 0.2) is 70.2 Å². The van der Waals surface area contributed by atoms with Crippen molar-refractivity contribution in [1.29, 1.82) is 0 Å². The Kier molecular flexibility index (Phi) is 4.68. The number of methoxy groups -OCH3 is 2. The third-order valence-corrected chi connectivity index (χ3v) is 4.46. The van der Waals surface area contributed by atoms with Crippen LogP contribution in [0.1, 0.15) is 16.1 Å². The Morgan fingerprint density at radius 1 is 1.00 bits per heavy atom. The van der Waals surface area contributed by atoms with E-state index in [2.05, 4.69) is 10.5 Å². The summed E-state index contributed by atoms with van der Waals surface area (Å²) in [7, 11) is 3.14. The van der Waals surface area contributed by atoms with Gasteiger partial charge in [-0.15, -0.1) is 0 Å². The quantitative estimate of drug-likeness (QED) is 0.416. The molecule has 0 spiro atoms. The molecule has 0 fully saturated rings. The molecule has 0 saturated heterocycles. The van der Waals surface area contributed by atoms with Crippen molar-refractivity contribution in [2.24, 2.45) is 5.10 Å². The lowest BCUT2D eigenvalue weighted by molar-refractivity contribution is 0.0929. The Morgan fingerprint density at radius 3 is 2.68 bits per heavy atom. The molecular weight excluding hydrogens is 356 g/mol. The van der Waals surface area contributed by atoms with Crippen LogP contribution in [0, 0.1) is 0 Å². The summed E-state index contributed by atoms with van der Waals surface area (Å²) >= 11 is 0. The smallest absolute Gasteiger partial charge is 0.307 e. The molecule has 1 amide bonds. The van der Waals surface area contributed by atoms with E-state index in [-0.39, 0.29) is 5.76 Å². The monoisotopic (exact) mass is 374 g/mol. The number of nitrogens with one attached hydrogen (secondary N) is 1. The molecule has 1 N–H and O–H groups in total. The predicted molar refractivity (Wildman–Crippen MR) is 108 cm³/mol. The number of amides is 1.